The van der Waals surface area contributed by atoms with Crippen LogP contribution in [0.5, 0.6) is 0 Å². The largest absolute Gasteiger partial charge is 0.315 e. The van der Waals surface area contributed by atoms with Crippen molar-refractivity contribution in [1.82, 2.24) is 10.2 Å². The molecule has 11 heavy (non-hydrogen) atoms. The SMILES string of the molecule is CCNCC(C)N(C)C1CC1. The van der Waals surface area contributed by atoms with Gasteiger partial charge in [0.2, 0.25) is 0 Å². The lowest BCUT2D eigenvalue weighted by atomic mass is 10.3. The van der Waals surface area contributed by atoms with Crippen molar-refractivity contribution in [3.05, 3.63) is 0 Å². The van der Waals surface area contributed by atoms with E-state index in [-0.39, 0.29) is 0 Å². The Labute approximate surface area is 70.0 Å². The summed E-state index contributed by atoms with van der Waals surface area (Å²) in [6.45, 7) is 6.66. The van der Waals surface area contributed by atoms with E-state index in [1.54, 1.807) is 0 Å². The first kappa shape index (κ1) is 9.01. The monoisotopic (exact) mass is 156 g/mol. The van der Waals surface area contributed by atoms with E-state index >= 15 is 0 Å². The summed E-state index contributed by atoms with van der Waals surface area (Å²) in [7, 11) is 2.24. The highest BCUT2D eigenvalue weighted by atomic mass is 15.2. The molecule has 1 rings (SSSR count). The van der Waals surface area contributed by atoms with E-state index in [1.165, 1.54) is 12.8 Å². The van der Waals surface area contributed by atoms with Gasteiger partial charge in [-0.1, -0.05) is 6.92 Å². The predicted octanol–water partition coefficient (Wildman–Crippen LogP) is 1.08. The zero-order chi connectivity index (χ0) is 8.27. The van der Waals surface area contributed by atoms with E-state index in [2.05, 4.69) is 31.1 Å². The topological polar surface area (TPSA) is 15.3 Å². The van der Waals surface area contributed by atoms with Crippen molar-refractivity contribution in [2.75, 3.05) is 20.1 Å². The molecule has 1 fully saturated rings. The van der Waals surface area contributed by atoms with Gasteiger partial charge < -0.3 is 5.32 Å². The van der Waals surface area contributed by atoms with Crippen LogP contribution in [0.2, 0.25) is 0 Å². The molecular weight excluding hydrogens is 136 g/mol. The minimum Gasteiger partial charge on any atom is -0.315 e. The van der Waals surface area contributed by atoms with Crippen LogP contribution in [0, 0.1) is 0 Å². The van der Waals surface area contributed by atoms with Crippen LogP contribution in [0.4, 0.5) is 0 Å². The summed E-state index contributed by atoms with van der Waals surface area (Å²) < 4.78 is 0. The van der Waals surface area contributed by atoms with E-state index in [4.69, 9.17) is 0 Å². The number of rotatable bonds is 5. The molecule has 1 aliphatic carbocycles. The third-order valence-corrected chi connectivity index (χ3v) is 2.51. The van der Waals surface area contributed by atoms with Gasteiger partial charge in [-0.3, -0.25) is 4.90 Å². The summed E-state index contributed by atoms with van der Waals surface area (Å²) >= 11 is 0. The molecule has 0 aromatic carbocycles. The standard InChI is InChI=1S/C9H20N2/c1-4-10-7-8(2)11(3)9-5-6-9/h8-10H,4-7H2,1-3H3. The molecule has 1 unspecified atom stereocenters. The first-order valence-electron chi connectivity index (χ1n) is 4.68. The Balaban J connectivity index is 2.11. The van der Waals surface area contributed by atoms with Crippen molar-refractivity contribution in [2.45, 2.75) is 38.8 Å². The molecule has 2 heteroatoms. The Morgan fingerprint density at radius 2 is 2.18 bits per heavy atom. The van der Waals surface area contributed by atoms with Gasteiger partial charge in [0.05, 0.1) is 0 Å². The van der Waals surface area contributed by atoms with Crippen molar-refractivity contribution in [3.8, 4) is 0 Å². The molecule has 0 aromatic heterocycles. The summed E-state index contributed by atoms with van der Waals surface area (Å²) in [6.07, 6.45) is 2.82. The van der Waals surface area contributed by atoms with Crippen molar-refractivity contribution in [1.29, 1.82) is 0 Å². The molecule has 1 aliphatic rings. The van der Waals surface area contributed by atoms with Gasteiger partial charge >= 0.3 is 0 Å². The Kier molecular flexibility index (Phi) is 3.34. The summed E-state index contributed by atoms with van der Waals surface area (Å²) in [5, 5.41) is 3.37. The van der Waals surface area contributed by atoms with Gasteiger partial charge in [0.25, 0.3) is 0 Å². The van der Waals surface area contributed by atoms with E-state index in [0.717, 1.165) is 19.1 Å². The van der Waals surface area contributed by atoms with Crippen LogP contribution in [0.25, 0.3) is 0 Å². The smallest absolute Gasteiger partial charge is 0.0192 e. The molecule has 0 saturated heterocycles. The molecule has 0 aromatic rings. The molecule has 66 valence electrons. The van der Waals surface area contributed by atoms with Crippen molar-refractivity contribution < 1.29 is 0 Å². The van der Waals surface area contributed by atoms with E-state index in [0.29, 0.717) is 6.04 Å². The number of likely N-dealkylation sites (N-methyl/N-ethyl adjacent to an activating group) is 2. The molecule has 1 N–H and O–H groups in total. The summed E-state index contributed by atoms with van der Waals surface area (Å²) in [6, 6.07) is 1.59. The Morgan fingerprint density at radius 1 is 1.55 bits per heavy atom. The second-order valence-electron chi connectivity index (χ2n) is 3.55. The van der Waals surface area contributed by atoms with Crippen LogP contribution in [-0.4, -0.2) is 37.1 Å². The first-order chi connectivity index (χ1) is 5.25. The highest BCUT2D eigenvalue weighted by Crippen LogP contribution is 2.26. The minimum atomic E-state index is 0.697. The molecule has 0 spiro atoms. The first-order valence-corrected chi connectivity index (χ1v) is 4.68. The lowest BCUT2D eigenvalue weighted by Gasteiger charge is -2.24. The fourth-order valence-corrected chi connectivity index (χ4v) is 1.34. The van der Waals surface area contributed by atoms with Crippen molar-refractivity contribution in [2.24, 2.45) is 0 Å². The fraction of sp³-hybridized carbons (Fsp3) is 1.00. The van der Waals surface area contributed by atoms with Gasteiger partial charge in [-0.25, -0.2) is 0 Å². The van der Waals surface area contributed by atoms with Crippen molar-refractivity contribution in [3.63, 3.8) is 0 Å². The van der Waals surface area contributed by atoms with Crippen LogP contribution >= 0.6 is 0 Å². The van der Waals surface area contributed by atoms with Gasteiger partial charge in [0.1, 0.15) is 0 Å². The van der Waals surface area contributed by atoms with E-state index in [9.17, 15) is 0 Å². The number of nitrogens with zero attached hydrogens (tertiary/aromatic N) is 1. The second kappa shape index (κ2) is 4.07. The van der Waals surface area contributed by atoms with Gasteiger partial charge in [-0.05, 0) is 33.4 Å². The lowest BCUT2D eigenvalue weighted by Crippen LogP contribution is -2.39. The average Bonchev–Trinajstić information content (AvgIpc) is 2.81. The summed E-state index contributed by atoms with van der Waals surface area (Å²) in [5.41, 5.74) is 0. The zero-order valence-electron chi connectivity index (χ0n) is 7.93. The second-order valence-corrected chi connectivity index (χ2v) is 3.55. The van der Waals surface area contributed by atoms with Crippen LogP contribution in [-0.2, 0) is 0 Å². The Hall–Kier alpha value is -0.0800. The summed E-state index contributed by atoms with van der Waals surface area (Å²) in [5.74, 6) is 0. The molecule has 0 radical (unpaired) electrons. The number of nitrogens with one attached hydrogen (secondary N) is 1. The van der Waals surface area contributed by atoms with Gasteiger partial charge in [0.15, 0.2) is 0 Å². The third kappa shape index (κ3) is 2.80. The zero-order valence-corrected chi connectivity index (χ0v) is 7.93. The van der Waals surface area contributed by atoms with E-state index in [1.807, 2.05) is 0 Å². The third-order valence-electron chi connectivity index (χ3n) is 2.51. The van der Waals surface area contributed by atoms with Crippen LogP contribution in [0.15, 0.2) is 0 Å². The fourth-order valence-electron chi connectivity index (χ4n) is 1.34. The minimum absolute atomic E-state index is 0.697. The van der Waals surface area contributed by atoms with E-state index < -0.39 is 0 Å². The summed E-state index contributed by atoms with van der Waals surface area (Å²) in [4.78, 5) is 2.49. The van der Waals surface area contributed by atoms with Gasteiger partial charge in [0, 0.05) is 18.6 Å². The molecule has 0 bridgehead atoms. The van der Waals surface area contributed by atoms with Crippen molar-refractivity contribution >= 4 is 0 Å². The predicted molar refractivity (Wildman–Crippen MR) is 48.8 cm³/mol. The Morgan fingerprint density at radius 3 is 2.64 bits per heavy atom. The number of hydrogen-bond acceptors (Lipinski definition) is 2. The highest BCUT2D eigenvalue weighted by Gasteiger charge is 2.28. The number of hydrogen-bond donors (Lipinski definition) is 1. The maximum atomic E-state index is 3.37. The molecular formula is C9H20N2. The Bertz CT molecular complexity index is 110. The molecule has 2 nitrogen and oxygen atoms in total. The maximum absolute atomic E-state index is 3.37. The molecule has 1 atom stereocenters. The highest BCUT2D eigenvalue weighted by molar-refractivity contribution is 4.85. The molecule has 1 saturated carbocycles. The van der Waals surface area contributed by atoms with Crippen LogP contribution in [0.1, 0.15) is 26.7 Å². The lowest BCUT2D eigenvalue weighted by molar-refractivity contribution is 0.242. The van der Waals surface area contributed by atoms with Crippen LogP contribution < -0.4 is 5.32 Å². The van der Waals surface area contributed by atoms with Gasteiger partial charge in [-0.15, -0.1) is 0 Å². The van der Waals surface area contributed by atoms with Gasteiger partial charge in [-0.2, -0.15) is 0 Å². The average molecular weight is 156 g/mol. The quantitative estimate of drug-likeness (QED) is 0.641. The molecule has 0 aliphatic heterocycles. The maximum Gasteiger partial charge on any atom is 0.0192 e. The molecule has 0 heterocycles. The molecule has 0 amide bonds. The van der Waals surface area contributed by atoms with Crippen LogP contribution in [0.3, 0.4) is 0 Å². The normalized spacial score (nSPS) is 20.7.